The van der Waals surface area contributed by atoms with E-state index in [1.54, 1.807) is 6.20 Å². The zero-order valence-electron chi connectivity index (χ0n) is 11.2. The van der Waals surface area contributed by atoms with Gasteiger partial charge < -0.3 is 5.32 Å². The van der Waals surface area contributed by atoms with Crippen molar-refractivity contribution in [1.29, 1.82) is 0 Å². The van der Waals surface area contributed by atoms with E-state index in [0.29, 0.717) is 11.5 Å². The van der Waals surface area contributed by atoms with Crippen molar-refractivity contribution in [2.75, 3.05) is 5.32 Å². The molecule has 1 N–H and O–H groups in total. The number of aromatic nitrogens is 1. The van der Waals surface area contributed by atoms with Gasteiger partial charge in [-0.15, -0.1) is 0 Å². The Morgan fingerprint density at radius 1 is 1.30 bits per heavy atom. The summed E-state index contributed by atoms with van der Waals surface area (Å²) in [5.41, 5.74) is 3.52. The fourth-order valence-electron chi connectivity index (χ4n) is 2.10. The van der Waals surface area contributed by atoms with Crippen molar-refractivity contribution in [2.45, 2.75) is 25.7 Å². The van der Waals surface area contributed by atoms with E-state index in [2.05, 4.69) is 26.2 Å². The fourth-order valence-corrected chi connectivity index (χ4v) is 2.46. The van der Waals surface area contributed by atoms with Crippen molar-refractivity contribution >= 4 is 27.5 Å². The highest BCUT2D eigenvalue weighted by atomic mass is 79.9. The van der Waals surface area contributed by atoms with Crippen LogP contribution in [0.3, 0.4) is 0 Å². The van der Waals surface area contributed by atoms with Crippen molar-refractivity contribution in [2.24, 2.45) is 0 Å². The number of benzene rings is 1. The van der Waals surface area contributed by atoms with Gasteiger partial charge in [0.15, 0.2) is 0 Å². The first kappa shape index (κ1) is 13.3. The van der Waals surface area contributed by atoms with E-state index < -0.39 is 0 Å². The molecule has 1 aliphatic rings. The van der Waals surface area contributed by atoms with E-state index in [1.807, 2.05) is 37.3 Å². The summed E-state index contributed by atoms with van der Waals surface area (Å²) in [4.78, 5) is 16.6. The molecule has 102 valence electrons. The maximum Gasteiger partial charge on any atom is 0.257 e. The second-order valence-corrected chi connectivity index (χ2v) is 5.97. The molecule has 0 spiro atoms. The number of rotatable bonds is 3. The van der Waals surface area contributed by atoms with Gasteiger partial charge in [-0.05, 0) is 49.6 Å². The summed E-state index contributed by atoms with van der Waals surface area (Å²) in [5.74, 6) is 0.487. The van der Waals surface area contributed by atoms with Crippen molar-refractivity contribution in [3.63, 3.8) is 0 Å². The van der Waals surface area contributed by atoms with Crippen molar-refractivity contribution in [3.05, 3.63) is 57.8 Å². The molecule has 0 aliphatic heterocycles. The molecule has 20 heavy (non-hydrogen) atoms. The van der Waals surface area contributed by atoms with Gasteiger partial charge in [-0.1, -0.05) is 22.0 Å². The highest BCUT2D eigenvalue weighted by Crippen LogP contribution is 2.38. The topological polar surface area (TPSA) is 42.0 Å². The Morgan fingerprint density at radius 3 is 2.75 bits per heavy atom. The highest BCUT2D eigenvalue weighted by Gasteiger charge is 2.24. The molecule has 0 bridgehead atoms. The standard InChI is InChI=1S/C16H15BrN2O/c1-10-13(17)3-2-4-14(10)19-16(20)12-7-8-15(18-9-12)11-5-6-11/h2-4,7-9,11H,5-6H2,1H3,(H,19,20). The van der Waals surface area contributed by atoms with Crippen LogP contribution in [-0.4, -0.2) is 10.9 Å². The largest absolute Gasteiger partial charge is 0.322 e. The molecule has 0 saturated heterocycles. The summed E-state index contributed by atoms with van der Waals surface area (Å²) in [6, 6.07) is 9.56. The van der Waals surface area contributed by atoms with Crippen molar-refractivity contribution in [1.82, 2.24) is 4.98 Å². The molecule has 1 heterocycles. The molecule has 3 rings (SSSR count). The smallest absolute Gasteiger partial charge is 0.257 e. The summed E-state index contributed by atoms with van der Waals surface area (Å²) in [7, 11) is 0. The first-order valence-corrected chi connectivity index (χ1v) is 7.47. The molecule has 1 fully saturated rings. The second-order valence-electron chi connectivity index (χ2n) is 5.11. The Kier molecular flexibility index (Phi) is 3.57. The van der Waals surface area contributed by atoms with E-state index in [0.717, 1.165) is 21.4 Å². The van der Waals surface area contributed by atoms with Crippen LogP contribution in [0.4, 0.5) is 5.69 Å². The third-order valence-electron chi connectivity index (χ3n) is 3.56. The molecule has 4 heteroatoms. The molecular weight excluding hydrogens is 316 g/mol. The van der Waals surface area contributed by atoms with Gasteiger partial charge in [0.05, 0.1) is 5.56 Å². The summed E-state index contributed by atoms with van der Waals surface area (Å²) in [6.07, 6.45) is 4.10. The maximum absolute atomic E-state index is 12.2. The minimum absolute atomic E-state index is 0.124. The Hall–Kier alpha value is -1.68. The molecule has 1 aromatic heterocycles. The lowest BCUT2D eigenvalue weighted by molar-refractivity contribution is 0.102. The van der Waals surface area contributed by atoms with Crippen LogP contribution in [-0.2, 0) is 0 Å². The number of hydrogen-bond donors (Lipinski definition) is 1. The third-order valence-corrected chi connectivity index (χ3v) is 4.42. The number of hydrogen-bond acceptors (Lipinski definition) is 2. The number of pyridine rings is 1. The van der Waals surface area contributed by atoms with Crippen LogP contribution >= 0.6 is 15.9 Å². The lowest BCUT2D eigenvalue weighted by atomic mass is 10.1. The first-order chi connectivity index (χ1) is 9.65. The van der Waals surface area contributed by atoms with Crippen molar-refractivity contribution < 1.29 is 4.79 Å². The van der Waals surface area contributed by atoms with Crippen LogP contribution in [0.1, 0.15) is 40.4 Å². The predicted molar refractivity (Wildman–Crippen MR) is 83.0 cm³/mol. The Bertz CT molecular complexity index is 648. The predicted octanol–water partition coefficient (Wildman–Crippen LogP) is 4.28. The van der Waals surface area contributed by atoms with E-state index in [4.69, 9.17) is 0 Å². The highest BCUT2D eigenvalue weighted by molar-refractivity contribution is 9.10. The first-order valence-electron chi connectivity index (χ1n) is 6.67. The fraction of sp³-hybridized carbons (Fsp3) is 0.250. The number of nitrogens with one attached hydrogen (secondary N) is 1. The molecule has 1 aromatic carbocycles. The quantitative estimate of drug-likeness (QED) is 0.912. The second kappa shape index (κ2) is 5.37. The lowest BCUT2D eigenvalue weighted by Gasteiger charge is -2.09. The number of amides is 1. The van der Waals surface area contributed by atoms with Gasteiger partial charge in [0.2, 0.25) is 0 Å². The lowest BCUT2D eigenvalue weighted by Crippen LogP contribution is -2.13. The van der Waals surface area contributed by atoms with Gasteiger partial charge in [-0.2, -0.15) is 0 Å². The normalized spacial score (nSPS) is 14.1. The molecule has 0 radical (unpaired) electrons. The molecule has 0 atom stereocenters. The summed E-state index contributed by atoms with van der Waals surface area (Å²) < 4.78 is 0.984. The number of anilines is 1. The van der Waals surface area contributed by atoms with Crippen LogP contribution < -0.4 is 5.32 Å². The molecule has 1 aliphatic carbocycles. The zero-order chi connectivity index (χ0) is 14.1. The Labute approximate surface area is 126 Å². The average Bonchev–Trinajstić information content (AvgIpc) is 3.29. The van der Waals surface area contributed by atoms with Crippen LogP contribution in [0.25, 0.3) is 0 Å². The SMILES string of the molecule is Cc1c(Br)cccc1NC(=O)c1ccc(C2CC2)nc1. The maximum atomic E-state index is 12.2. The summed E-state index contributed by atoms with van der Waals surface area (Å²) in [6.45, 7) is 1.97. The van der Waals surface area contributed by atoms with Gasteiger partial charge in [-0.3, -0.25) is 9.78 Å². The van der Waals surface area contributed by atoms with Gasteiger partial charge in [0, 0.05) is 28.0 Å². The third kappa shape index (κ3) is 2.75. The Morgan fingerprint density at radius 2 is 2.10 bits per heavy atom. The minimum Gasteiger partial charge on any atom is -0.322 e. The summed E-state index contributed by atoms with van der Waals surface area (Å²) >= 11 is 3.46. The molecule has 0 unspecified atom stereocenters. The van der Waals surface area contributed by atoms with Gasteiger partial charge >= 0.3 is 0 Å². The van der Waals surface area contributed by atoms with Gasteiger partial charge in [0.25, 0.3) is 5.91 Å². The van der Waals surface area contributed by atoms with E-state index in [1.165, 1.54) is 12.8 Å². The van der Waals surface area contributed by atoms with Crippen LogP contribution in [0, 0.1) is 6.92 Å². The molecule has 1 amide bonds. The van der Waals surface area contributed by atoms with Gasteiger partial charge in [0.1, 0.15) is 0 Å². The number of nitrogens with zero attached hydrogens (tertiary/aromatic N) is 1. The van der Waals surface area contributed by atoms with E-state index in [9.17, 15) is 4.79 Å². The molecule has 3 nitrogen and oxygen atoms in total. The minimum atomic E-state index is -0.124. The van der Waals surface area contributed by atoms with Crippen LogP contribution in [0.5, 0.6) is 0 Å². The summed E-state index contributed by atoms with van der Waals surface area (Å²) in [5, 5.41) is 2.92. The molecule has 1 saturated carbocycles. The number of carbonyl (C=O) groups excluding carboxylic acids is 1. The average molecular weight is 331 g/mol. The molecular formula is C16H15BrN2O. The monoisotopic (exact) mass is 330 g/mol. The van der Waals surface area contributed by atoms with Crippen LogP contribution in [0.2, 0.25) is 0 Å². The van der Waals surface area contributed by atoms with E-state index in [-0.39, 0.29) is 5.91 Å². The zero-order valence-corrected chi connectivity index (χ0v) is 12.8. The number of halogens is 1. The number of carbonyl (C=O) groups is 1. The Balaban J connectivity index is 1.76. The van der Waals surface area contributed by atoms with Crippen LogP contribution in [0.15, 0.2) is 41.0 Å². The van der Waals surface area contributed by atoms with Gasteiger partial charge in [-0.25, -0.2) is 0 Å². The molecule has 2 aromatic rings. The van der Waals surface area contributed by atoms with Crippen molar-refractivity contribution in [3.8, 4) is 0 Å². The van der Waals surface area contributed by atoms with E-state index >= 15 is 0 Å².